The van der Waals surface area contributed by atoms with Gasteiger partial charge in [0.2, 0.25) is 0 Å². The number of hydrogen-bond donors (Lipinski definition) is 1. The van der Waals surface area contributed by atoms with Crippen molar-refractivity contribution < 1.29 is 4.74 Å². The summed E-state index contributed by atoms with van der Waals surface area (Å²) in [5.74, 6) is 0.876. The van der Waals surface area contributed by atoms with Crippen molar-refractivity contribution in [3.8, 4) is 5.75 Å². The van der Waals surface area contributed by atoms with Crippen LogP contribution in [-0.4, -0.2) is 39.0 Å². The lowest BCUT2D eigenvalue weighted by atomic mass is 9.71. The Labute approximate surface area is 166 Å². The third-order valence-corrected chi connectivity index (χ3v) is 6.19. The number of benzene rings is 2. The number of anilines is 1. The monoisotopic (exact) mass is 383 g/mol. The Morgan fingerprint density at radius 1 is 1.15 bits per heavy atom. The first-order chi connectivity index (χ1) is 13.0. The summed E-state index contributed by atoms with van der Waals surface area (Å²) in [4.78, 5) is 7.43. The van der Waals surface area contributed by atoms with Crippen LogP contribution in [0, 0.1) is 0 Å². The van der Waals surface area contributed by atoms with E-state index >= 15 is 0 Å². The zero-order valence-electron chi connectivity index (χ0n) is 16.2. The number of hydrogen-bond acceptors (Lipinski definition) is 4. The molecular weight excluding hydrogens is 358 g/mol. The summed E-state index contributed by atoms with van der Waals surface area (Å²) in [5, 5.41) is 4.18. The number of nitrogens with zero attached hydrogens (tertiary/aromatic N) is 2. The first-order valence-corrected chi connectivity index (χ1v) is 9.87. The summed E-state index contributed by atoms with van der Waals surface area (Å²) in [7, 11) is 1.70. The molecule has 142 valence electrons. The minimum absolute atomic E-state index is 0.143. The van der Waals surface area contributed by atoms with Crippen LogP contribution >= 0.6 is 11.6 Å². The zero-order valence-corrected chi connectivity index (χ0v) is 16.9. The highest BCUT2D eigenvalue weighted by molar-refractivity contribution is 6.31. The van der Waals surface area contributed by atoms with Crippen LogP contribution in [-0.2, 0) is 11.8 Å². The number of nitrogens with one attached hydrogen (secondary N) is 1. The number of fused-ring (bicyclic) bond motifs is 1. The van der Waals surface area contributed by atoms with Gasteiger partial charge in [0.25, 0.3) is 0 Å². The van der Waals surface area contributed by atoms with E-state index in [0.717, 1.165) is 54.8 Å². The maximum Gasteiger partial charge on any atom is 0.118 e. The molecule has 2 aromatic carbocycles. The minimum atomic E-state index is -0.143. The molecule has 0 spiro atoms. The van der Waals surface area contributed by atoms with Crippen LogP contribution < -0.4 is 15.0 Å². The van der Waals surface area contributed by atoms with Crippen LogP contribution in [0.3, 0.4) is 0 Å². The highest BCUT2D eigenvalue weighted by Gasteiger charge is 2.36. The van der Waals surface area contributed by atoms with Gasteiger partial charge in [-0.15, -0.1) is 0 Å². The van der Waals surface area contributed by atoms with E-state index < -0.39 is 0 Å². The number of aliphatic imine (C=N–C) groups is 1. The van der Waals surface area contributed by atoms with Gasteiger partial charge >= 0.3 is 0 Å². The second-order valence-corrected chi connectivity index (χ2v) is 8.03. The maximum atomic E-state index is 6.44. The van der Waals surface area contributed by atoms with Crippen molar-refractivity contribution in [2.45, 2.75) is 25.7 Å². The Kier molecular flexibility index (Phi) is 4.87. The number of ether oxygens (including phenoxy) is 1. The lowest BCUT2D eigenvalue weighted by Gasteiger charge is -2.38. The standard InChI is InChI=1S/C22H26ClN3O/c1-15-22(2,16-4-6-18(27-3)7-5-16)14-19-20(25-15)12-17(23)13-21(19)26-10-8-24-9-11-26/h4-7,12-13,24H,8-11,14H2,1-3H3. The van der Waals surface area contributed by atoms with Crippen molar-refractivity contribution in [1.82, 2.24) is 5.32 Å². The second-order valence-electron chi connectivity index (χ2n) is 7.59. The van der Waals surface area contributed by atoms with Crippen molar-refractivity contribution in [3.63, 3.8) is 0 Å². The first kappa shape index (κ1) is 18.3. The van der Waals surface area contributed by atoms with Crippen LogP contribution in [0.2, 0.25) is 5.02 Å². The smallest absolute Gasteiger partial charge is 0.118 e. The van der Waals surface area contributed by atoms with Gasteiger partial charge in [-0.2, -0.15) is 0 Å². The molecule has 1 saturated heterocycles. The highest BCUT2D eigenvalue weighted by Crippen LogP contribution is 2.44. The van der Waals surface area contributed by atoms with E-state index in [1.54, 1.807) is 7.11 Å². The summed E-state index contributed by atoms with van der Waals surface area (Å²) in [6.45, 7) is 8.40. The number of rotatable bonds is 3. The average molecular weight is 384 g/mol. The zero-order chi connectivity index (χ0) is 19.0. The molecule has 1 atom stereocenters. The summed E-state index contributed by atoms with van der Waals surface area (Å²) < 4.78 is 5.33. The molecule has 1 N–H and O–H groups in total. The summed E-state index contributed by atoms with van der Waals surface area (Å²) in [6.07, 6.45) is 0.917. The lowest BCUT2D eigenvalue weighted by Crippen LogP contribution is -2.44. The van der Waals surface area contributed by atoms with Crippen molar-refractivity contribution in [3.05, 3.63) is 52.5 Å². The molecule has 2 aromatic rings. The first-order valence-electron chi connectivity index (χ1n) is 9.49. The van der Waals surface area contributed by atoms with Crippen LogP contribution in [0.4, 0.5) is 11.4 Å². The van der Waals surface area contributed by atoms with Gasteiger partial charge in [-0.05, 0) is 50.1 Å². The fourth-order valence-corrected chi connectivity index (χ4v) is 4.34. The third-order valence-electron chi connectivity index (χ3n) is 5.97. The van der Waals surface area contributed by atoms with E-state index in [0.29, 0.717) is 0 Å². The van der Waals surface area contributed by atoms with Crippen molar-refractivity contribution in [2.24, 2.45) is 4.99 Å². The Balaban J connectivity index is 1.78. The summed E-state index contributed by atoms with van der Waals surface area (Å²) in [5.41, 5.74) is 5.78. The molecule has 2 aliphatic heterocycles. The molecule has 0 aliphatic carbocycles. The van der Waals surface area contributed by atoms with E-state index in [2.05, 4.69) is 42.3 Å². The molecule has 1 unspecified atom stereocenters. The van der Waals surface area contributed by atoms with Crippen LogP contribution in [0.5, 0.6) is 5.75 Å². The molecule has 0 saturated carbocycles. The lowest BCUT2D eigenvalue weighted by molar-refractivity contribution is 0.414. The Hall–Kier alpha value is -2.04. The fourth-order valence-electron chi connectivity index (χ4n) is 4.13. The van der Waals surface area contributed by atoms with Crippen LogP contribution in [0.15, 0.2) is 41.4 Å². The van der Waals surface area contributed by atoms with Crippen molar-refractivity contribution >= 4 is 28.7 Å². The van der Waals surface area contributed by atoms with E-state index in [-0.39, 0.29) is 5.41 Å². The predicted molar refractivity (Wildman–Crippen MR) is 113 cm³/mol. The Bertz CT molecular complexity index is 872. The average Bonchev–Trinajstić information content (AvgIpc) is 2.69. The normalized spacial score (nSPS) is 22.2. The van der Waals surface area contributed by atoms with Gasteiger partial charge in [-0.25, -0.2) is 0 Å². The van der Waals surface area contributed by atoms with Crippen molar-refractivity contribution in [2.75, 3.05) is 38.2 Å². The van der Waals surface area contributed by atoms with Gasteiger partial charge in [-0.3, -0.25) is 4.99 Å². The minimum Gasteiger partial charge on any atom is -0.497 e. The molecule has 0 radical (unpaired) electrons. The van der Waals surface area contributed by atoms with Gasteiger partial charge < -0.3 is 15.0 Å². The predicted octanol–water partition coefficient (Wildman–Crippen LogP) is 4.36. The van der Waals surface area contributed by atoms with Gasteiger partial charge in [0.05, 0.1) is 12.8 Å². The number of piperazine rings is 1. The van der Waals surface area contributed by atoms with Gasteiger partial charge in [0.1, 0.15) is 5.75 Å². The Morgan fingerprint density at radius 3 is 2.52 bits per heavy atom. The van der Waals surface area contributed by atoms with Gasteiger partial charge in [0.15, 0.2) is 0 Å². The maximum absolute atomic E-state index is 6.44. The SMILES string of the molecule is COc1ccc(C2(C)Cc3c(cc(Cl)cc3N3CCNCC3)N=C2C)cc1. The second kappa shape index (κ2) is 7.17. The molecule has 2 heterocycles. The quantitative estimate of drug-likeness (QED) is 0.855. The number of methoxy groups -OCH3 is 1. The Morgan fingerprint density at radius 2 is 1.85 bits per heavy atom. The molecule has 1 fully saturated rings. The third kappa shape index (κ3) is 3.32. The van der Waals surface area contributed by atoms with Gasteiger partial charge in [0, 0.05) is 53.6 Å². The van der Waals surface area contributed by atoms with Crippen molar-refractivity contribution in [1.29, 1.82) is 0 Å². The molecular formula is C22H26ClN3O. The van der Waals surface area contributed by atoms with Gasteiger partial charge in [-0.1, -0.05) is 23.7 Å². The molecule has 27 heavy (non-hydrogen) atoms. The van der Waals surface area contributed by atoms with E-state index in [1.165, 1.54) is 16.8 Å². The van der Waals surface area contributed by atoms with Crippen LogP contribution in [0.25, 0.3) is 0 Å². The summed E-state index contributed by atoms with van der Waals surface area (Å²) >= 11 is 6.44. The topological polar surface area (TPSA) is 36.9 Å². The summed E-state index contributed by atoms with van der Waals surface area (Å²) in [6, 6.07) is 12.5. The molecule has 0 aromatic heterocycles. The van der Waals surface area contributed by atoms with E-state index in [9.17, 15) is 0 Å². The van der Waals surface area contributed by atoms with E-state index in [4.69, 9.17) is 21.3 Å². The highest BCUT2D eigenvalue weighted by atomic mass is 35.5. The molecule has 4 nitrogen and oxygen atoms in total. The molecule has 5 heteroatoms. The van der Waals surface area contributed by atoms with E-state index in [1.807, 2.05) is 18.2 Å². The largest absolute Gasteiger partial charge is 0.497 e. The van der Waals surface area contributed by atoms with Crippen LogP contribution in [0.1, 0.15) is 25.0 Å². The number of halogens is 1. The molecule has 4 rings (SSSR count). The molecule has 0 bridgehead atoms. The molecule has 2 aliphatic rings. The molecule has 0 amide bonds. The fraction of sp³-hybridized carbons (Fsp3) is 0.409.